The van der Waals surface area contributed by atoms with Crippen molar-refractivity contribution in [2.45, 2.75) is 13.0 Å². The highest BCUT2D eigenvalue weighted by Crippen LogP contribution is 2.38. The number of benzene rings is 1. The van der Waals surface area contributed by atoms with E-state index in [1.807, 2.05) is 12.1 Å². The highest BCUT2D eigenvalue weighted by Gasteiger charge is 2.18. The van der Waals surface area contributed by atoms with Crippen molar-refractivity contribution < 1.29 is 0 Å². The van der Waals surface area contributed by atoms with E-state index in [0.717, 1.165) is 19.1 Å². The zero-order valence-electron chi connectivity index (χ0n) is 9.71. The molecule has 0 fully saturated rings. The first-order valence-corrected chi connectivity index (χ1v) is 8.33. The zero-order chi connectivity index (χ0) is 13.1. The fourth-order valence-electron chi connectivity index (χ4n) is 1.82. The number of hydrogen-bond donors (Lipinski definition) is 1. The molecule has 18 heavy (non-hydrogen) atoms. The van der Waals surface area contributed by atoms with Crippen molar-refractivity contribution >= 4 is 54.8 Å². The van der Waals surface area contributed by atoms with Gasteiger partial charge in [-0.1, -0.05) is 30.7 Å². The summed E-state index contributed by atoms with van der Waals surface area (Å²) in [5.41, 5.74) is 2.46. The molecule has 1 aromatic heterocycles. The van der Waals surface area contributed by atoms with Gasteiger partial charge in [0, 0.05) is 5.02 Å². The molecule has 1 atom stereocenters. The van der Waals surface area contributed by atoms with E-state index in [1.165, 1.54) is 11.1 Å². The molecule has 0 radical (unpaired) electrons. The number of nitrogens with one attached hydrogen (secondary N) is 1. The Kier molecular flexibility index (Phi) is 5.27. The van der Waals surface area contributed by atoms with Crippen molar-refractivity contribution in [1.82, 2.24) is 5.32 Å². The first-order valence-electron chi connectivity index (χ1n) is 5.55. The van der Waals surface area contributed by atoms with Gasteiger partial charge < -0.3 is 5.32 Å². The molecule has 1 unspecified atom stereocenters. The predicted octanol–water partition coefficient (Wildman–Crippen LogP) is 5.63. The van der Waals surface area contributed by atoms with Crippen LogP contribution in [-0.4, -0.2) is 6.54 Å². The fraction of sp³-hybridized carbons (Fsp3) is 0.231. The summed E-state index contributed by atoms with van der Waals surface area (Å²) in [6.07, 6.45) is 0. The Hall–Kier alpha value is 0.130. The number of rotatable bonds is 4. The summed E-state index contributed by atoms with van der Waals surface area (Å²) in [6, 6.07) is 10.3. The molecule has 1 N–H and O–H groups in total. The maximum Gasteiger partial charge on any atom is 0.0761 e. The van der Waals surface area contributed by atoms with Gasteiger partial charge in [-0.2, -0.15) is 0 Å². The highest BCUT2D eigenvalue weighted by atomic mass is 79.9. The minimum atomic E-state index is 0.184. The molecule has 0 amide bonds. The number of thiophene rings is 1. The van der Waals surface area contributed by atoms with Crippen LogP contribution in [0, 0.1) is 0 Å². The van der Waals surface area contributed by atoms with Gasteiger partial charge in [0.15, 0.2) is 0 Å². The topological polar surface area (TPSA) is 12.0 Å². The maximum atomic E-state index is 5.94. The van der Waals surface area contributed by atoms with Crippen molar-refractivity contribution in [3.05, 3.63) is 54.1 Å². The molecule has 0 saturated carbocycles. The van der Waals surface area contributed by atoms with E-state index in [0.29, 0.717) is 0 Å². The van der Waals surface area contributed by atoms with E-state index in [2.05, 4.69) is 62.3 Å². The average molecular weight is 410 g/mol. The van der Waals surface area contributed by atoms with Crippen LogP contribution >= 0.6 is 54.8 Å². The number of hydrogen-bond acceptors (Lipinski definition) is 2. The van der Waals surface area contributed by atoms with Crippen LogP contribution in [0.4, 0.5) is 0 Å². The van der Waals surface area contributed by atoms with E-state index in [9.17, 15) is 0 Å². The molecule has 0 aliphatic heterocycles. The third-order valence-corrected chi connectivity index (χ3v) is 5.24. The van der Waals surface area contributed by atoms with Crippen LogP contribution in [0.2, 0.25) is 5.02 Å². The molecule has 1 aromatic carbocycles. The Balaban J connectivity index is 2.39. The molecule has 0 saturated heterocycles. The molecule has 5 heteroatoms. The summed E-state index contributed by atoms with van der Waals surface area (Å²) < 4.78 is 2.27. The van der Waals surface area contributed by atoms with Crippen LogP contribution in [0.5, 0.6) is 0 Å². The highest BCUT2D eigenvalue weighted by molar-refractivity contribution is 9.12. The summed E-state index contributed by atoms with van der Waals surface area (Å²) in [5.74, 6) is 0. The first kappa shape index (κ1) is 14.5. The lowest BCUT2D eigenvalue weighted by Gasteiger charge is -2.18. The van der Waals surface area contributed by atoms with Gasteiger partial charge in [0.05, 0.1) is 13.6 Å². The van der Waals surface area contributed by atoms with Crippen LogP contribution in [0.3, 0.4) is 0 Å². The molecular weight excluding hydrogens is 397 g/mol. The van der Waals surface area contributed by atoms with Crippen LogP contribution in [0.1, 0.15) is 24.1 Å². The van der Waals surface area contributed by atoms with Gasteiger partial charge in [-0.15, -0.1) is 11.3 Å². The van der Waals surface area contributed by atoms with Crippen molar-refractivity contribution in [3.8, 4) is 0 Å². The van der Waals surface area contributed by atoms with E-state index in [1.54, 1.807) is 11.3 Å². The lowest BCUT2D eigenvalue weighted by Crippen LogP contribution is -2.21. The molecule has 96 valence electrons. The average Bonchev–Trinajstić information content (AvgIpc) is 2.67. The minimum Gasteiger partial charge on any atom is -0.306 e. The van der Waals surface area contributed by atoms with Crippen LogP contribution in [-0.2, 0) is 0 Å². The quantitative estimate of drug-likeness (QED) is 0.690. The SMILES string of the molecule is CCNC(c1ccc(Cl)cc1)c1cc(Br)sc1Br. The molecule has 0 aliphatic carbocycles. The lowest BCUT2D eigenvalue weighted by molar-refractivity contribution is 0.630. The third kappa shape index (κ3) is 3.36. The lowest BCUT2D eigenvalue weighted by atomic mass is 10.0. The smallest absolute Gasteiger partial charge is 0.0761 e. The Labute approximate surface area is 133 Å². The summed E-state index contributed by atoms with van der Waals surface area (Å²) in [7, 11) is 0. The molecule has 1 heterocycles. The molecule has 2 aromatic rings. The fourth-order valence-corrected chi connectivity index (χ4v) is 4.84. The van der Waals surface area contributed by atoms with Gasteiger partial charge in [-0.05, 0) is 67.7 Å². The van der Waals surface area contributed by atoms with E-state index in [-0.39, 0.29) is 6.04 Å². The zero-order valence-corrected chi connectivity index (χ0v) is 14.5. The second-order valence-electron chi connectivity index (χ2n) is 3.82. The van der Waals surface area contributed by atoms with Gasteiger partial charge in [0.25, 0.3) is 0 Å². The molecular formula is C13H12Br2ClNS. The first-order chi connectivity index (χ1) is 8.61. The standard InChI is InChI=1S/C13H12Br2ClNS/c1-2-17-12(8-3-5-9(16)6-4-8)10-7-11(14)18-13(10)15/h3-7,12,17H,2H2,1H3. The van der Waals surface area contributed by atoms with Gasteiger partial charge in [-0.25, -0.2) is 0 Å². The van der Waals surface area contributed by atoms with E-state index < -0.39 is 0 Å². The van der Waals surface area contributed by atoms with Crippen LogP contribution in [0.15, 0.2) is 37.9 Å². The van der Waals surface area contributed by atoms with Crippen molar-refractivity contribution in [2.24, 2.45) is 0 Å². The van der Waals surface area contributed by atoms with Gasteiger partial charge in [0.1, 0.15) is 0 Å². The summed E-state index contributed by atoms with van der Waals surface area (Å²) in [5, 5.41) is 4.27. The number of halogens is 3. The van der Waals surface area contributed by atoms with Gasteiger partial charge >= 0.3 is 0 Å². The summed E-state index contributed by atoms with van der Waals surface area (Å²) in [6.45, 7) is 3.02. The Morgan fingerprint density at radius 2 is 1.94 bits per heavy atom. The molecule has 0 bridgehead atoms. The molecule has 1 nitrogen and oxygen atoms in total. The largest absolute Gasteiger partial charge is 0.306 e. The van der Waals surface area contributed by atoms with Crippen LogP contribution in [0.25, 0.3) is 0 Å². The third-order valence-electron chi connectivity index (χ3n) is 2.61. The van der Waals surface area contributed by atoms with Crippen molar-refractivity contribution in [3.63, 3.8) is 0 Å². The second kappa shape index (κ2) is 6.53. The molecule has 0 spiro atoms. The molecule has 2 rings (SSSR count). The normalized spacial score (nSPS) is 12.7. The Morgan fingerprint density at radius 1 is 1.28 bits per heavy atom. The van der Waals surface area contributed by atoms with Gasteiger partial charge in [-0.3, -0.25) is 0 Å². The van der Waals surface area contributed by atoms with Gasteiger partial charge in [0.2, 0.25) is 0 Å². The van der Waals surface area contributed by atoms with Crippen LogP contribution < -0.4 is 5.32 Å². The minimum absolute atomic E-state index is 0.184. The van der Waals surface area contributed by atoms with Crippen molar-refractivity contribution in [2.75, 3.05) is 6.54 Å². The van der Waals surface area contributed by atoms with E-state index in [4.69, 9.17) is 11.6 Å². The monoisotopic (exact) mass is 407 g/mol. The summed E-state index contributed by atoms with van der Waals surface area (Å²) in [4.78, 5) is 0. The maximum absolute atomic E-state index is 5.94. The summed E-state index contributed by atoms with van der Waals surface area (Å²) >= 11 is 14.8. The Bertz CT molecular complexity index is 524. The second-order valence-corrected chi connectivity index (χ2v) is 8.01. The predicted molar refractivity (Wildman–Crippen MR) is 86.7 cm³/mol. The van der Waals surface area contributed by atoms with Crippen molar-refractivity contribution in [1.29, 1.82) is 0 Å². The Morgan fingerprint density at radius 3 is 2.44 bits per heavy atom. The van der Waals surface area contributed by atoms with E-state index >= 15 is 0 Å². The molecule has 0 aliphatic rings.